The molecule has 0 aromatic carbocycles. The molecule has 3 aliphatic rings. The standard InChI is InChI=1S/C12H22N2/c1-11(2)9-12(11)3-5-14(6-4-12)10-7-13-8-10/h10,13H,3-9H2,1-2H3. The highest BCUT2D eigenvalue weighted by Crippen LogP contribution is 2.68. The van der Waals surface area contributed by atoms with E-state index < -0.39 is 0 Å². The van der Waals surface area contributed by atoms with Gasteiger partial charge in [-0.25, -0.2) is 0 Å². The van der Waals surface area contributed by atoms with Crippen molar-refractivity contribution >= 4 is 0 Å². The molecule has 1 spiro atoms. The molecule has 2 nitrogen and oxygen atoms in total. The fourth-order valence-electron chi connectivity index (χ4n) is 3.50. The SMILES string of the molecule is CC1(C)CC12CCN(C1CNC1)CC2. The van der Waals surface area contributed by atoms with Crippen LogP contribution in [0.25, 0.3) is 0 Å². The predicted molar refractivity (Wildman–Crippen MR) is 58.3 cm³/mol. The lowest BCUT2D eigenvalue weighted by Gasteiger charge is -2.43. The largest absolute Gasteiger partial charge is 0.314 e. The van der Waals surface area contributed by atoms with Crippen LogP contribution >= 0.6 is 0 Å². The molecule has 1 N–H and O–H groups in total. The number of nitrogens with one attached hydrogen (secondary N) is 1. The van der Waals surface area contributed by atoms with E-state index >= 15 is 0 Å². The van der Waals surface area contributed by atoms with Gasteiger partial charge in [-0.3, -0.25) is 4.90 Å². The Kier molecular flexibility index (Phi) is 1.79. The van der Waals surface area contributed by atoms with Crippen LogP contribution in [0.2, 0.25) is 0 Å². The van der Waals surface area contributed by atoms with Crippen molar-refractivity contribution in [2.75, 3.05) is 26.2 Å². The first kappa shape index (κ1) is 9.17. The highest BCUT2D eigenvalue weighted by atomic mass is 15.2. The Morgan fingerprint density at radius 1 is 1.14 bits per heavy atom. The molecule has 0 radical (unpaired) electrons. The van der Waals surface area contributed by atoms with E-state index in [0.717, 1.165) is 11.5 Å². The minimum Gasteiger partial charge on any atom is -0.314 e. The number of piperidine rings is 1. The van der Waals surface area contributed by atoms with E-state index in [1.807, 2.05) is 0 Å². The van der Waals surface area contributed by atoms with E-state index in [2.05, 4.69) is 24.1 Å². The molecular weight excluding hydrogens is 172 g/mol. The summed E-state index contributed by atoms with van der Waals surface area (Å²) >= 11 is 0. The maximum Gasteiger partial charge on any atom is 0.0345 e. The Balaban J connectivity index is 1.58. The maximum absolute atomic E-state index is 3.37. The average molecular weight is 194 g/mol. The van der Waals surface area contributed by atoms with Crippen LogP contribution in [0, 0.1) is 10.8 Å². The van der Waals surface area contributed by atoms with Crippen LogP contribution < -0.4 is 5.32 Å². The van der Waals surface area contributed by atoms with E-state index in [1.165, 1.54) is 45.4 Å². The molecule has 1 saturated carbocycles. The smallest absolute Gasteiger partial charge is 0.0345 e. The molecule has 2 heterocycles. The number of hydrogen-bond acceptors (Lipinski definition) is 2. The second-order valence-electron chi connectivity index (χ2n) is 6.19. The molecule has 2 aliphatic heterocycles. The lowest BCUT2D eigenvalue weighted by Crippen LogP contribution is -2.59. The molecule has 0 aromatic rings. The summed E-state index contributed by atoms with van der Waals surface area (Å²) in [7, 11) is 0. The highest BCUT2D eigenvalue weighted by Gasteiger charge is 2.61. The molecule has 0 amide bonds. The molecule has 14 heavy (non-hydrogen) atoms. The third kappa shape index (κ3) is 1.17. The number of rotatable bonds is 1. The summed E-state index contributed by atoms with van der Waals surface area (Å²) in [5.41, 5.74) is 1.41. The lowest BCUT2D eigenvalue weighted by molar-refractivity contribution is 0.0806. The van der Waals surface area contributed by atoms with Gasteiger partial charge in [0.1, 0.15) is 0 Å². The van der Waals surface area contributed by atoms with Gasteiger partial charge in [0.05, 0.1) is 0 Å². The van der Waals surface area contributed by atoms with Gasteiger partial charge in [0.25, 0.3) is 0 Å². The van der Waals surface area contributed by atoms with Crippen LogP contribution in [0.15, 0.2) is 0 Å². The fraction of sp³-hybridized carbons (Fsp3) is 1.00. The van der Waals surface area contributed by atoms with Gasteiger partial charge in [0.15, 0.2) is 0 Å². The molecular formula is C12H22N2. The summed E-state index contributed by atoms with van der Waals surface area (Å²) in [6, 6.07) is 0.870. The van der Waals surface area contributed by atoms with E-state index in [4.69, 9.17) is 0 Å². The van der Waals surface area contributed by atoms with E-state index in [0.29, 0.717) is 5.41 Å². The van der Waals surface area contributed by atoms with E-state index in [-0.39, 0.29) is 0 Å². The first-order valence-electron chi connectivity index (χ1n) is 6.08. The topological polar surface area (TPSA) is 15.3 Å². The van der Waals surface area contributed by atoms with Gasteiger partial charge in [-0.15, -0.1) is 0 Å². The molecule has 3 rings (SSSR count). The molecule has 1 aliphatic carbocycles. The predicted octanol–water partition coefficient (Wildman–Crippen LogP) is 1.47. The molecule has 0 unspecified atom stereocenters. The number of nitrogens with zero attached hydrogens (tertiary/aromatic N) is 1. The highest BCUT2D eigenvalue weighted by molar-refractivity contribution is 5.11. The monoisotopic (exact) mass is 194 g/mol. The summed E-state index contributed by atoms with van der Waals surface area (Å²) < 4.78 is 0. The Labute approximate surface area is 87.0 Å². The zero-order valence-corrected chi connectivity index (χ0v) is 9.47. The zero-order chi connectivity index (χ0) is 9.81. The first-order valence-corrected chi connectivity index (χ1v) is 6.08. The molecule has 0 aromatic heterocycles. The molecule has 2 heteroatoms. The van der Waals surface area contributed by atoms with Crippen LogP contribution in [0.4, 0.5) is 0 Å². The summed E-state index contributed by atoms with van der Waals surface area (Å²) in [4.78, 5) is 2.70. The number of likely N-dealkylation sites (tertiary alicyclic amines) is 1. The Hall–Kier alpha value is -0.0800. The van der Waals surface area contributed by atoms with Crippen molar-refractivity contribution in [3.8, 4) is 0 Å². The zero-order valence-electron chi connectivity index (χ0n) is 9.47. The number of hydrogen-bond donors (Lipinski definition) is 1. The first-order chi connectivity index (χ1) is 6.63. The van der Waals surface area contributed by atoms with Crippen molar-refractivity contribution in [1.82, 2.24) is 10.2 Å². The van der Waals surface area contributed by atoms with Gasteiger partial charge >= 0.3 is 0 Å². The fourth-order valence-corrected chi connectivity index (χ4v) is 3.50. The summed E-state index contributed by atoms with van der Waals surface area (Å²) in [5, 5.41) is 3.37. The average Bonchev–Trinajstić information content (AvgIpc) is 2.55. The van der Waals surface area contributed by atoms with Crippen molar-refractivity contribution in [1.29, 1.82) is 0 Å². The second-order valence-corrected chi connectivity index (χ2v) is 6.19. The Morgan fingerprint density at radius 3 is 2.07 bits per heavy atom. The Bertz CT molecular complexity index is 235. The van der Waals surface area contributed by atoms with Crippen molar-refractivity contribution in [3.05, 3.63) is 0 Å². The Morgan fingerprint density at radius 2 is 1.71 bits per heavy atom. The van der Waals surface area contributed by atoms with Crippen LogP contribution in [0.3, 0.4) is 0 Å². The summed E-state index contributed by atoms with van der Waals surface area (Å²) in [6.07, 6.45) is 4.39. The van der Waals surface area contributed by atoms with Crippen LogP contribution in [-0.4, -0.2) is 37.1 Å². The second kappa shape index (κ2) is 2.73. The molecule has 2 saturated heterocycles. The van der Waals surface area contributed by atoms with Crippen LogP contribution in [0.5, 0.6) is 0 Å². The van der Waals surface area contributed by atoms with Crippen molar-refractivity contribution in [3.63, 3.8) is 0 Å². The van der Waals surface area contributed by atoms with Gasteiger partial charge in [-0.2, -0.15) is 0 Å². The van der Waals surface area contributed by atoms with Gasteiger partial charge in [0, 0.05) is 19.1 Å². The van der Waals surface area contributed by atoms with Gasteiger partial charge in [0.2, 0.25) is 0 Å². The molecule has 80 valence electrons. The van der Waals surface area contributed by atoms with Crippen molar-refractivity contribution in [2.45, 2.75) is 39.2 Å². The lowest BCUT2D eigenvalue weighted by atomic mass is 9.85. The summed E-state index contributed by atoms with van der Waals surface area (Å²) in [5.74, 6) is 0. The quantitative estimate of drug-likeness (QED) is 0.680. The van der Waals surface area contributed by atoms with Gasteiger partial charge < -0.3 is 5.32 Å². The van der Waals surface area contributed by atoms with Crippen molar-refractivity contribution in [2.24, 2.45) is 10.8 Å². The van der Waals surface area contributed by atoms with Gasteiger partial charge in [-0.05, 0) is 43.2 Å². The molecule has 0 atom stereocenters. The minimum atomic E-state index is 0.664. The maximum atomic E-state index is 3.37. The third-order valence-electron chi connectivity index (χ3n) is 5.12. The van der Waals surface area contributed by atoms with Crippen molar-refractivity contribution < 1.29 is 0 Å². The minimum absolute atomic E-state index is 0.664. The van der Waals surface area contributed by atoms with Crippen LogP contribution in [0.1, 0.15) is 33.1 Å². The normalized spacial score (nSPS) is 35.6. The van der Waals surface area contributed by atoms with Crippen LogP contribution in [-0.2, 0) is 0 Å². The summed E-state index contributed by atoms with van der Waals surface area (Å²) in [6.45, 7) is 10.1. The van der Waals surface area contributed by atoms with E-state index in [9.17, 15) is 0 Å². The van der Waals surface area contributed by atoms with E-state index in [1.54, 1.807) is 0 Å². The third-order valence-corrected chi connectivity index (χ3v) is 5.12. The molecule has 3 fully saturated rings. The molecule has 0 bridgehead atoms. The van der Waals surface area contributed by atoms with Gasteiger partial charge in [-0.1, -0.05) is 13.8 Å².